The van der Waals surface area contributed by atoms with Crippen LogP contribution < -0.4 is 10.1 Å². The van der Waals surface area contributed by atoms with Gasteiger partial charge in [-0.25, -0.2) is 4.39 Å². The third-order valence-electron chi connectivity index (χ3n) is 4.54. The second kappa shape index (κ2) is 9.71. The minimum Gasteiger partial charge on any atom is -0.496 e. The molecule has 0 aliphatic rings. The van der Waals surface area contributed by atoms with Crippen molar-refractivity contribution in [1.82, 2.24) is 0 Å². The summed E-state index contributed by atoms with van der Waals surface area (Å²) in [4.78, 5) is 12.7. The highest BCUT2D eigenvalue weighted by atomic mass is 35.5. The van der Waals surface area contributed by atoms with E-state index in [-0.39, 0.29) is 29.9 Å². The van der Waals surface area contributed by atoms with Gasteiger partial charge in [0.15, 0.2) is 5.78 Å². The number of aliphatic hydroxyl groups is 1. The van der Waals surface area contributed by atoms with Gasteiger partial charge in [-0.2, -0.15) is 0 Å². The van der Waals surface area contributed by atoms with Crippen LogP contribution in [-0.2, 0) is 6.42 Å². The lowest BCUT2D eigenvalue weighted by molar-refractivity contribution is 0.103. The number of anilines is 1. The van der Waals surface area contributed by atoms with Crippen LogP contribution in [-0.4, -0.2) is 30.6 Å². The molecule has 0 heterocycles. The highest BCUT2D eigenvalue weighted by Crippen LogP contribution is 2.32. The highest BCUT2D eigenvalue weighted by Gasteiger charge is 2.20. The molecule has 4 nitrogen and oxygen atoms in total. The molecule has 0 unspecified atom stereocenters. The van der Waals surface area contributed by atoms with E-state index in [2.05, 4.69) is 11.9 Å². The molecule has 0 bridgehead atoms. The summed E-state index contributed by atoms with van der Waals surface area (Å²) in [5.41, 5.74) is 2.38. The molecule has 150 valence electrons. The lowest BCUT2D eigenvalue weighted by Crippen LogP contribution is -2.24. The predicted octanol–water partition coefficient (Wildman–Crippen LogP) is 5.02. The van der Waals surface area contributed by atoms with Crippen LogP contribution in [0, 0.1) is 5.82 Å². The molecular weight excluding hydrogens is 381 g/mol. The first-order chi connectivity index (χ1) is 13.3. The van der Waals surface area contributed by atoms with Crippen LogP contribution in [0.5, 0.6) is 5.75 Å². The van der Waals surface area contributed by atoms with Gasteiger partial charge in [0.25, 0.3) is 0 Å². The lowest BCUT2D eigenvalue weighted by atomic mass is 9.96. The van der Waals surface area contributed by atoms with Crippen molar-refractivity contribution in [1.29, 1.82) is 0 Å². The third-order valence-corrected chi connectivity index (χ3v) is 4.83. The number of hydrogen-bond donors (Lipinski definition) is 2. The summed E-state index contributed by atoms with van der Waals surface area (Å²) < 4.78 is 19.8. The number of halogens is 2. The van der Waals surface area contributed by atoms with Crippen LogP contribution in [0.3, 0.4) is 0 Å². The number of hydrogen-bond acceptors (Lipinski definition) is 4. The Morgan fingerprint density at radius 1 is 1.36 bits per heavy atom. The molecule has 2 rings (SSSR count). The molecule has 0 aromatic heterocycles. The van der Waals surface area contributed by atoms with E-state index < -0.39 is 5.82 Å². The number of rotatable bonds is 9. The van der Waals surface area contributed by atoms with Crippen LogP contribution in [0.2, 0.25) is 5.02 Å². The van der Waals surface area contributed by atoms with E-state index in [4.69, 9.17) is 16.3 Å². The molecule has 0 fully saturated rings. The van der Waals surface area contributed by atoms with Crippen molar-refractivity contribution in [2.75, 3.05) is 19.0 Å². The number of Topliss-reactive ketones (excluding diaryl/α,β-unsaturated/α-hetero) is 1. The number of allylic oxidation sites excluding steroid dienone is 1. The van der Waals surface area contributed by atoms with Gasteiger partial charge in [-0.3, -0.25) is 4.79 Å². The standard InChI is InChI=1S/C22H25ClFNO3/c1-5-16(12-26)25-19-11-20(28-4)15(10-17(19)22(27)13(2)3)9-14-7-6-8-18(23)21(14)24/h6-8,10-11,16,25-26H,2,5,9,12H2,1,3-4H3/t16-/m0/s1. The van der Waals surface area contributed by atoms with E-state index in [1.54, 1.807) is 31.2 Å². The average molecular weight is 406 g/mol. The van der Waals surface area contributed by atoms with Gasteiger partial charge in [-0.1, -0.05) is 37.2 Å². The van der Waals surface area contributed by atoms with Crippen LogP contribution >= 0.6 is 11.6 Å². The van der Waals surface area contributed by atoms with Gasteiger partial charge >= 0.3 is 0 Å². The molecule has 1 atom stereocenters. The smallest absolute Gasteiger partial charge is 0.190 e. The molecule has 0 aliphatic heterocycles. The largest absolute Gasteiger partial charge is 0.496 e. The van der Waals surface area contributed by atoms with Crippen LogP contribution in [0.25, 0.3) is 0 Å². The Morgan fingerprint density at radius 2 is 2.07 bits per heavy atom. The number of ether oxygens (including phenoxy) is 1. The fraction of sp³-hybridized carbons (Fsp3) is 0.318. The van der Waals surface area contributed by atoms with Gasteiger partial charge in [0.1, 0.15) is 11.6 Å². The summed E-state index contributed by atoms with van der Waals surface area (Å²) in [6.45, 7) is 7.23. The molecule has 0 radical (unpaired) electrons. The molecule has 2 N–H and O–H groups in total. The fourth-order valence-corrected chi connectivity index (χ4v) is 3.07. The Labute approximate surface area is 170 Å². The normalized spacial score (nSPS) is 11.8. The number of nitrogens with one attached hydrogen (secondary N) is 1. The van der Waals surface area contributed by atoms with Gasteiger partial charge in [0.2, 0.25) is 0 Å². The van der Waals surface area contributed by atoms with Crippen molar-refractivity contribution < 1.29 is 19.0 Å². The Morgan fingerprint density at radius 3 is 2.64 bits per heavy atom. The van der Waals surface area contributed by atoms with Gasteiger partial charge in [0, 0.05) is 29.8 Å². The maximum absolute atomic E-state index is 14.4. The molecule has 2 aromatic carbocycles. The highest BCUT2D eigenvalue weighted by molar-refractivity contribution is 6.30. The molecule has 28 heavy (non-hydrogen) atoms. The zero-order valence-corrected chi connectivity index (χ0v) is 17.1. The first kappa shape index (κ1) is 21.9. The number of aliphatic hydroxyl groups excluding tert-OH is 1. The van der Waals surface area contributed by atoms with Gasteiger partial charge in [-0.05, 0) is 42.2 Å². The van der Waals surface area contributed by atoms with Gasteiger partial charge in [-0.15, -0.1) is 0 Å². The number of carbonyl (C=O) groups excluding carboxylic acids is 1. The predicted molar refractivity (Wildman–Crippen MR) is 111 cm³/mol. The average Bonchev–Trinajstić information content (AvgIpc) is 2.69. The molecule has 0 aliphatic carbocycles. The number of benzene rings is 2. The fourth-order valence-electron chi connectivity index (χ4n) is 2.88. The van der Waals surface area contributed by atoms with E-state index in [0.717, 1.165) is 0 Å². The summed E-state index contributed by atoms with van der Waals surface area (Å²) in [6, 6.07) is 7.98. The Hall–Kier alpha value is -2.37. The van der Waals surface area contributed by atoms with Crippen molar-refractivity contribution in [3.8, 4) is 5.75 Å². The van der Waals surface area contributed by atoms with Gasteiger partial charge < -0.3 is 15.2 Å². The van der Waals surface area contributed by atoms with E-state index in [0.29, 0.717) is 40.1 Å². The second-order valence-corrected chi connectivity index (χ2v) is 7.05. The SMILES string of the molecule is C=C(C)C(=O)c1cc(Cc2cccc(Cl)c2F)c(OC)cc1N[C@@H](CC)CO. The monoisotopic (exact) mass is 405 g/mol. The Bertz CT molecular complexity index is 878. The Balaban J connectivity index is 2.56. The summed E-state index contributed by atoms with van der Waals surface area (Å²) in [6.07, 6.45) is 0.887. The van der Waals surface area contributed by atoms with Crippen molar-refractivity contribution in [3.63, 3.8) is 0 Å². The van der Waals surface area contributed by atoms with Crippen molar-refractivity contribution >= 4 is 23.1 Å². The first-order valence-electron chi connectivity index (χ1n) is 9.03. The van der Waals surface area contributed by atoms with Crippen molar-refractivity contribution in [3.05, 3.63) is 70.0 Å². The molecule has 2 aromatic rings. The summed E-state index contributed by atoms with van der Waals surface area (Å²) >= 11 is 5.89. The first-order valence-corrected chi connectivity index (χ1v) is 9.41. The zero-order valence-electron chi connectivity index (χ0n) is 16.3. The van der Waals surface area contributed by atoms with E-state index >= 15 is 0 Å². The molecule has 0 spiro atoms. The molecule has 0 saturated carbocycles. The Kier molecular flexibility index (Phi) is 7.61. The summed E-state index contributed by atoms with van der Waals surface area (Å²) in [7, 11) is 1.51. The van der Waals surface area contributed by atoms with Crippen LogP contribution in [0.1, 0.15) is 41.8 Å². The van der Waals surface area contributed by atoms with Gasteiger partial charge in [0.05, 0.1) is 18.7 Å². The number of methoxy groups -OCH3 is 1. The lowest BCUT2D eigenvalue weighted by Gasteiger charge is -2.21. The minimum atomic E-state index is -0.493. The third kappa shape index (κ3) is 4.91. The van der Waals surface area contributed by atoms with Crippen LogP contribution in [0.15, 0.2) is 42.5 Å². The maximum atomic E-state index is 14.4. The summed E-state index contributed by atoms with van der Waals surface area (Å²) in [5, 5.41) is 12.7. The van der Waals surface area contributed by atoms with Crippen molar-refractivity contribution in [2.45, 2.75) is 32.7 Å². The van der Waals surface area contributed by atoms with Crippen molar-refractivity contribution in [2.24, 2.45) is 0 Å². The molecule has 0 amide bonds. The molecule has 6 heteroatoms. The minimum absolute atomic E-state index is 0.0433. The number of carbonyl (C=O) groups is 1. The van der Waals surface area contributed by atoms with E-state index in [1.807, 2.05) is 6.92 Å². The topological polar surface area (TPSA) is 58.6 Å². The maximum Gasteiger partial charge on any atom is 0.190 e. The molecular formula is C22H25ClFNO3. The van der Waals surface area contributed by atoms with E-state index in [1.165, 1.54) is 13.2 Å². The van der Waals surface area contributed by atoms with Crippen LogP contribution in [0.4, 0.5) is 10.1 Å². The second-order valence-electron chi connectivity index (χ2n) is 6.64. The quantitative estimate of drug-likeness (QED) is 0.454. The number of ketones is 1. The zero-order chi connectivity index (χ0) is 20.8. The molecule has 0 saturated heterocycles. The summed E-state index contributed by atoms with van der Waals surface area (Å²) in [5.74, 6) is -0.216. The van der Waals surface area contributed by atoms with E-state index in [9.17, 15) is 14.3 Å².